The Morgan fingerprint density at radius 3 is 2.19 bits per heavy atom. The lowest BCUT2D eigenvalue weighted by atomic mass is 9.79. The molecule has 0 amide bonds. The van der Waals surface area contributed by atoms with Crippen molar-refractivity contribution in [2.45, 2.75) is 0 Å². The first-order chi connectivity index (χ1) is 7.70. The standard InChI is InChI=1S/C12H12N4/c13-12-10(16(14)15)6-5-9-7-3-1-2-4-8(7)11(9)12/h1-6H,13-15H2. The van der Waals surface area contributed by atoms with E-state index < -0.39 is 0 Å². The molecule has 16 heavy (non-hydrogen) atoms. The summed E-state index contributed by atoms with van der Waals surface area (Å²) in [5, 5.41) is 1.05. The number of fused-ring (bicyclic) bond motifs is 4. The zero-order valence-electron chi connectivity index (χ0n) is 8.64. The van der Waals surface area contributed by atoms with E-state index in [1.807, 2.05) is 24.3 Å². The van der Waals surface area contributed by atoms with Gasteiger partial charge in [0.25, 0.3) is 0 Å². The van der Waals surface area contributed by atoms with E-state index in [2.05, 4.69) is 12.1 Å². The fraction of sp³-hybridized carbons (Fsp3) is 0. The summed E-state index contributed by atoms with van der Waals surface area (Å²) in [6.45, 7) is 0. The number of benzene rings is 2. The molecule has 2 aromatic carbocycles. The van der Waals surface area contributed by atoms with Gasteiger partial charge in [0.15, 0.2) is 0 Å². The molecule has 1 aliphatic carbocycles. The molecular formula is C12H12N4. The van der Waals surface area contributed by atoms with E-state index in [-0.39, 0.29) is 0 Å². The molecule has 0 atom stereocenters. The summed E-state index contributed by atoms with van der Waals surface area (Å²) in [5.41, 5.74) is 11.9. The highest BCUT2D eigenvalue weighted by atomic mass is 15.6. The zero-order valence-corrected chi connectivity index (χ0v) is 8.64. The van der Waals surface area contributed by atoms with E-state index in [0.29, 0.717) is 11.4 Å². The third-order valence-electron chi connectivity index (χ3n) is 2.99. The second-order valence-electron chi connectivity index (χ2n) is 3.87. The van der Waals surface area contributed by atoms with Gasteiger partial charge in [-0.3, -0.25) is 0 Å². The van der Waals surface area contributed by atoms with Gasteiger partial charge in [-0.25, -0.2) is 16.8 Å². The molecule has 3 rings (SSSR count). The highest BCUT2D eigenvalue weighted by Gasteiger charge is 2.25. The van der Waals surface area contributed by atoms with E-state index in [1.54, 1.807) is 0 Å². The lowest BCUT2D eigenvalue weighted by Gasteiger charge is -2.28. The Kier molecular flexibility index (Phi) is 1.71. The van der Waals surface area contributed by atoms with Crippen LogP contribution in [0.1, 0.15) is 0 Å². The van der Waals surface area contributed by atoms with Crippen LogP contribution in [0, 0.1) is 0 Å². The summed E-state index contributed by atoms with van der Waals surface area (Å²) in [7, 11) is 0. The number of nitrogens with two attached hydrogens (primary N) is 3. The molecular weight excluding hydrogens is 200 g/mol. The molecule has 0 saturated heterocycles. The summed E-state index contributed by atoms with van der Waals surface area (Å²) in [4.78, 5) is 0. The van der Waals surface area contributed by atoms with E-state index >= 15 is 0 Å². The molecule has 4 heteroatoms. The van der Waals surface area contributed by atoms with Gasteiger partial charge in [0.05, 0.1) is 11.4 Å². The van der Waals surface area contributed by atoms with Gasteiger partial charge in [-0.05, 0) is 22.8 Å². The Morgan fingerprint density at radius 2 is 1.50 bits per heavy atom. The summed E-state index contributed by atoms with van der Waals surface area (Å²) in [6.07, 6.45) is 0. The molecule has 0 bridgehead atoms. The lowest BCUT2D eigenvalue weighted by molar-refractivity contribution is 0.927. The van der Waals surface area contributed by atoms with Crippen molar-refractivity contribution in [3.63, 3.8) is 0 Å². The molecule has 4 nitrogen and oxygen atoms in total. The van der Waals surface area contributed by atoms with Crippen LogP contribution in [0.4, 0.5) is 11.4 Å². The minimum Gasteiger partial charge on any atom is -0.396 e. The van der Waals surface area contributed by atoms with Crippen LogP contribution in [0.25, 0.3) is 22.3 Å². The second kappa shape index (κ2) is 2.98. The van der Waals surface area contributed by atoms with Crippen molar-refractivity contribution >= 4 is 11.4 Å². The Balaban J connectivity index is 2.23. The summed E-state index contributed by atoms with van der Waals surface area (Å²) in [5.74, 6) is 11.0. The van der Waals surface area contributed by atoms with Crippen LogP contribution in [0.15, 0.2) is 36.4 Å². The number of hydrazine groups is 2. The third-order valence-corrected chi connectivity index (χ3v) is 2.99. The Morgan fingerprint density at radius 1 is 0.812 bits per heavy atom. The number of anilines is 2. The Hall–Kier alpha value is -2.04. The van der Waals surface area contributed by atoms with Gasteiger partial charge in [0, 0.05) is 5.56 Å². The molecule has 0 saturated carbocycles. The van der Waals surface area contributed by atoms with Gasteiger partial charge in [0.2, 0.25) is 0 Å². The van der Waals surface area contributed by atoms with Crippen LogP contribution < -0.4 is 22.5 Å². The van der Waals surface area contributed by atoms with Crippen molar-refractivity contribution in [1.82, 2.24) is 0 Å². The second-order valence-corrected chi connectivity index (χ2v) is 3.87. The number of hydrogen-bond acceptors (Lipinski definition) is 4. The molecule has 0 aliphatic heterocycles. The Bertz CT molecular complexity index is 575. The summed E-state index contributed by atoms with van der Waals surface area (Å²) < 4.78 is 0. The van der Waals surface area contributed by atoms with Gasteiger partial charge < -0.3 is 5.73 Å². The number of rotatable bonds is 1. The minimum atomic E-state index is 0.640. The largest absolute Gasteiger partial charge is 0.396 e. The quantitative estimate of drug-likeness (QED) is 0.324. The van der Waals surface area contributed by atoms with Crippen LogP contribution in [-0.2, 0) is 0 Å². The monoisotopic (exact) mass is 212 g/mol. The third kappa shape index (κ3) is 0.997. The van der Waals surface area contributed by atoms with Crippen molar-refractivity contribution in [3.8, 4) is 22.3 Å². The van der Waals surface area contributed by atoms with Crippen LogP contribution in [-0.4, -0.2) is 0 Å². The average molecular weight is 212 g/mol. The fourth-order valence-corrected chi connectivity index (χ4v) is 2.22. The molecule has 0 heterocycles. The van der Waals surface area contributed by atoms with Crippen LogP contribution in [0.2, 0.25) is 0 Å². The lowest BCUT2D eigenvalue weighted by Crippen LogP contribution is -2.38. The fourth-order valence-electron chi connectivity index (χ4n) is 2.22. The van der Waals surface area contributed by atoms with E-state index in [4.69, 9.17) is 17.4 Å². The maximum Gasteiger partial charge on any atom is 0.0932 e. The van der Waals surface area contributed by atoms with E-state index in [9.17, 15) is 0 Å². The summed E-state index contributed by atoms with van der Waals surface area (Å²) in [6, 6.07) is 12.0. The molecule has 0 aromatic heterocycles. The number of nitrogens with zero attached hydrogens (tertiary/aromatic N) is 1. The normalized spacial score (nSPS) is 11.4. The highest BCUT2D eigenvalue weighted by Crippen LogP contribution is 2.51. The van der Waals surface area contributed by atoms with Crippen molar-refractivity contribution in [3.05, 3.63) is 36.4 Å². The van der Waals surface area contributed by atoms with Crippen LogP contribution in [0.3, 0.4) is 0 Å². The number of hydrogen-bond donors (Lipinski definition) is 3. The molecule has 80 valence electrons. The van der Waals surface area contributed by atoms with Crippen molar-refractivity contribution in [1.29, 1.82) is 0 Å². The molecule has 0 spiro atoms. The van der Waals surface area contributed by atoms with Gasteiger partial charge >= 0.3 is 0 Å². The van der Waals surface area contributed by atoms with Gasteiger partial charge in [-0.15, -0.1) is 0 Å². The molecule has 0 fully saturated rings. The zero-order chi connectivity index (χ0) is 11.3. The molecule has 2 aromatic rings. The van der Waals surface area contributed by atoms with Crippen molar-refractivity contribution in [2.24, 2.45) is 11.7 Å². The van der Waals surface area contributed by atoms with Gasteiger partial charge in [-0.2, -0.15) is 0 Å². The first-order valence-corrected chi connectivity index (χ1v) is 5.02. The minimum absolute atomic E-state index is 0.640. The van der Waals surface area contributed by atoms with Gasteiger partial charge in [-0.1, -0.05) is 30.3 Å². The molecule has 0 unspecified atom stereocenters. The molecule has 1 aliphatic rings. The SMILES string of the molecule is Nc1c(N(N)N)ccc2c1-c1ccccc1-2. The van der Waals surface area contributed by atoms with Crippen molar-refractivity contribution < 1.29 is 0 Å². The van der Waals surface area contributed by atoms with Gasteiger partial charge in [0.1, 0.15) is 0 Å². The predicted octanol–water partition coefficient (Wildman–Crippen LogP) is 1.47. The summed E-state index contributed by atoms with van der Waals surface area (Å²) >= 11 is 0. The highest BCUT2D eigenvalue weighted by molar-refractivity contribution is 6.09. The maximum atomic E-state index is 6.05. The topological polar surface area (TPSA) is 81.3 Å². The average Bonchev–Trinajstić information content (AvgIpc) is 2.24. The first kappa shape index (κ1) is 9.21. The van der Waals surface area contributed by atoms with Crippen LogP contribution >= 0.6 is 0 Å². The molecule has 6 N–H and O–H groups in total. The molecule has 0 radical (unpaired) electrons. The maximum absolute atomic E-state index is 6.05. The smallest absolute Gasteiger partial charge is 0.0932 e. The van der Waals surface area contributed by atoms with Crippen molar-refractivity contribution in [2.75, 3.05) is 10.9 Å². The van der Waals surface area contributed by atoms with E-state index in [1.165, 1.54) is 16.7 Å². The first-order valence-electron chi connectivity index (χ1n) is 5.02. The Labute approximate surface area is 93.2 Å². The number of nitrogen functional groups attached to an aromatic ring is 1. The van der Waals surface area contributed by atoms with Crippen LogP contribution in [0.5, 0.6) is 0 Å². The predicted molar refractivity (Wildman–Crippen MR) is 66.1 cm³/mol. The van der Waals surface area contributed by atoms with E-state index in [0.717, 1.165) is 10.7 Å².